The predicted octanol–water partition coefficient (Wildman–Crippen LogP) is 4.64. The molecule has 0 atom stereocenters. The van der Waals surface area contributed by atoms with Crippen LogP contribution >= 0.6 is 0 Å². The molecule has 0 radical (unpaired) electrons. The van der Waals surface area contributed by atoms with E-state index in [4.69, 9.17) is 9.26 Å². The van der Waals surface area contributed by atoms with Gasteiger partial charge in [-0.2, -0.15) is 0 Å². The maximum absolute atomic E-state index is 12.9. The summed E-state index contributed by atoms with van der Waals surface area (Å²) >= 11 is 0. The van der Waals surface area contributed by atoms with Crippen molar-refractivity contribution in [2.45, 2.75) is 6.92 Å². The molecule has 2 heterocycles. The van der Waals surface area contributed by atoms with Crippen LogP contribution in [0.15, 0.2) is 77.3 Å². The highest BCUT2D eigenvalue weighted by atomic mass is 16.5. The van der Waals surface area contributed by atoms with E-state index in [2.05, 4.69) is 20.8 Å². The average molecular weight is 425 g/mol. The summed E-state index contributed by atoms with van der Waals surface area (Å²) in [5, 5.41) is 16.2. The number of benzene rings is 3. The van der Waals surface area contributed by atoms with Crippen molar-refractivity contribution in [3.63, 3.8) is 0 Å². The first-order valence-corrected chi connectivity index (χ1v) is 9.97. The van der Waals surface area contributed by atoms with Crippen molar-refractivity contribution in [2.75, 3.05) is 12.4 Å². The normalized spacial score (nSPS) is 10.9. The van der Waals surface area contributed by atoms with E-state index in [1.807, 2.05) is 60.7 Å². The Hall–Kier alpha value is -4.46. The maximum atomic E-state index is 12.9. The molecule has 0 saturated heterocycles. The van der Waals surface area contributed by atoms with Crippen molar-refractivity contribution in [2.24, 2.45) is 0 Å². The number of carbonyl (C=O) groups excluding carboxylic acids is 1. The Morgan fingerprint density at radius 2 is 1.81 bits per heavy atom. The third-order valence-corrected chi connectivity index (χ3v) is 5.21. The smallest absolute Gasteiger partial charge is 0.278 e. The van der Waals surface area contributed by atoms with Crippen LogP contribution in [-0.4, -0.2) is 33.2 Å². The SMILES string of the molecule is COc1ccccc1NC(=O)c1nnn(-c2ccc3noc(-c4ccccc4)c3c2)c1C. The number of methoxy groups -OCH3 is 1. The van der Waals surface area contributed by atoms with Gasteiger partial charge in [0.15, 0.2) is 11.5 Å². The standard InChI is InChI=1S/C24H19N5O3/c1-15-22(24(30)25-20-10-6-7-11-21(20)31-2)26-28-29(15)17-12-13-19-18(14-17)23(32-27-19)16-8-4-3-5-9-16/h3-14H,1-2H3,(H,25,30). The van der Waals surface area contributed by atoms with Gasteiger partial charge in [-0.1, -0.05) is 52.8 Å². The zero-order chi connectivity index (χ0) is 22.1. The van der Waals surface area contributed by atoms with Crippen molar-refractivity contribution in [3.8, 4) is 22.8 Å². The van der Waals surface area contributed by atoms with Gasteiger partial charge in [-0.3, -0.25) is 4.79 Å². The molecule has 0 unspecified atom stereocenters. The zero-order valence-corrected chi connectivity index (χ0v) is 17.4. The fourth-order valence-electron chi connectivity index (χ4n) is 3.57. The lowest BCUT2D eigenvalue weighted by atomic mass is 10.1. The minimum Gasteiger partial charge on any atom is -0.495 e. The number of ether oxygens (including phenoxy) is 1. The number of nitrogens with zero attached hydrogens (tertiary/aromatic N) is 4. The lowest BCUT2D eigenvalue weighted by Crippen LogP contribution is -2.14. The first-order chi connectivity index (χ1) is 15.7. The molecule has 5 aromatic rings. The number of hydrogen-bond acceptors (Lipinski definition) is 6. The van der Waals surface area contributed by atoms with Crippen LogP contribution in [0.1, 0.15) is 16.2 Å². The number of carbonyl (C=O) groups is 1. The lowest BCUT2D eigenvalue weighted by Gasteiger charge is -2.09. The second-order valence-electron chi connectivity index (χ2n) is 7.17. The number of rotatable bonds is 5. The number of amides is 1. The number of nitrogens with one attached hydrogen (secondary N) is 1. The molecular weight excluding hydrogens is 406 g/mol. The van der Waals surface area contributed by atoms with Gasteiger partial charge >= 0.3 is 0 Å². The van der Waals surface area contributed by atoms with Gasteiger partial charge in [0.05, 0.1) is 29.6 Å². The van der Waals surface area contributed by atoms with Crippen molar-refractivity contribution >= 4 is 22.5 Å². The average Bonchev–Trinajstić information content (AvgIpc) is 3.43. The Labute approximate surface area is 183 Å². The van der Waals surface area contributed by atoms with Gasteiger partial charge in [-0.15, -0.1) is 5.10 Å². The minimum absolute atomic E-state index is 0.226. The zero-order valence-electron chi connectivity index (χ0n) is 17.4. The molecule has 0 spiro atoms. The number of fused-ring (bicyclic) bond motifs is 1. The van der Waals surface area contributed by atoms with Crippen molar-refractivity contribution < 1.29 is 14.1 Å². The summed E-state index contributed by atoms with van der Waals surface area (Å²) < 4.78 is 12.5. The quantitative estimate of drug-likeness (QED) is 0.441. The summed E-state index contributed by atoms with van der Waals surface area (Å²) in [6.07, 6.45) is 0. The lowest BCUT2D eigenvalue weighted by molar-refractivity contribution is 0.102. The molecule has 158 valence electrons. The first kappa shape index (κ1) is 19.5. The summed E-state index contributed by atoms with van der Waals surface area (Å²) in [6.45, 7) is 1.80. The first-order valence-electron chi connectivity index (χ1n) is 9.97. The van der Waals surface area contributed by atoms with Gasteiger partial charge in [-0.05, 0) is 37.3 Å². The molecule has 1 amide bonds. The van der Waals surface area contributed by atoms with Crippen LogP contribution in [0.4, 0.5) is 5.69 Å². The van der Waals surface area contributed by atoms with Crippen molar-refractivity contribution in [3.05, 3.63) is 84.2 Å². The second-order valence-corrected chi connectivity index (χ2v) is 7.17. The predicted molar refractivity (Wildman–Crippen MR) is 120 cm³/mol. The number of aromatic nitrogens is 4. The Morgan fingerprint density at radius 3 is 2.62 bits per heavy atom. The van der Waals surface area contributed by atoms with Crippen LogP contribution in [-0.2, 0) is 0 Å². The van der Waals surface area contributed by atoms with E-state index in [9.17, 15) is 4.79 Å². The van der Waals surface area contributed by atoms with Crippen LogP contribution in [0.2, 0.25) is 0 Å². The van der Waals surface area contributed by atoms with Gasteiger partial charge < -0.3 is 14.6 Å². The molecule has 8 nitrogen and oxygen atoms in total. The molecule has 0 bridgehead atoms. The second kappa shape index (κ2) is 7.99. The minimum atomic E-state index is -0.366. The largest absolute Gasteiger partial charge is 0.495 e. The fraction of sp³-hybridized carbons (Fsp3) is 0.0833. The van der Waals surface area contributed by atoms with Crippen molar-refractivity contribution in [1.82, 2.24) is 20.2 Å². The van der Waals surface area contributed by atoms with Crippen molar-refractivity contribution in [1.29, 1.82) is 0 Å². The summed E-state index contributed by atoms with van der Waals surface area (Å²) in [7, 11) is 1.55. The molecule has 8 heteroatoms. The highest BCUT2D eigenvalue weighted by Crippen LogP contribution is 2.30. The molecule has 32 heavy (non-hydrogen) atoms. The Balaban J connectivity index is 1.49. The summed E-state index contributed by atoms with van der Waals surface area (Å²) in [6, 6.07) is 22.6. The third-order valence-electron chi connectivity index (χ3n) is 5.21. The molecule has 0 saturated carbocycles. The van der Waals surface area contributed by atoms with Gasteiger partial charge in [0.25, 0.3) is 5.91 Å². The van der Waals surface area contributed by atoms with Gasteiger partial charge in [0, 0.05) is 5.56 Å². The number of anilines is 1. The molecule has 0 aliphatic heterocycles. The van der Waals surface area contributed by atoms with Crippen LogP contribution < -0.4 is 10.1 Å². The van der Waals surface area contributed by atoms with Crippen LogP contribution in [0.5, 0.6) is 5.75 Å². The molecule has 0 aliphatic rings. The third kappa shape index (κ3) is 3.37. The van der Waals surface area contributed by atoms with E-state index in [1.54, 1.807) is 30.8 Å². The summed E-state index contributed by atoms with van der Waals surface area (Å²) in [5.74, 6) is 0.876. The van der Waals surface area contributed by atoms with E-state index in [1.165, 1.54) is 0 Å². The summed E-state index contributed by atoms with van der Waals surface area (Å²) in [4.78, 5) is 12.9. The topological polar surface area (TPSA) is 95.1 Å². The van der Waals surface area contributed by atoms with E-state index in [0.29, 0.717) is 22.9 Å². The van der Waals surface area contributed by atoms with Gasteiger partial charge in [-0.25, -0.2) is 4.68 Å². The number of hydrogen-bond donors (Lipinski definition) is 1. The molecule has 5 rings (SSSR count). The van der Waals surface area contributed by atoms with Gasteiger partial charge in [0.2, 0.25) is 0 Å². The summed E-state index contributed by atoms with van der Waals surface area (Å²) in [5.41, 5.74) is 3.81. The van der Waals surface area contributed by atoms with E-state index in [0.717, 1.165) is 22.2 Å². The highest BCUT2D eigenvalue weighted by molar-refractivity contribution is 6.04. The van der Waals surface area contributed by atoms with E-state index in [-0.39, 0.29) is 11.6 Å². The Kier molecular flexibility index (Phi) is 4.87. The molecule has 1 N–H and O–H groups in total. The molecule has 2 aromatic heterocycles. The highest BCUT2D eigenvalue weighted by Gasteiger charge is 2.20. The Bertz CT molecular complexity index is 1420. The fourth-order valence-corrected chi connectivity index (χ4v) is 3.57. The Morgan fingerprint density at radius 1 is 1.03 bits per heavy atom. The van der Waals surface area contributed by atoms with Crippen LogP contribution in [0.25, 0.3) is 27.9 Å². The number of para-hydroxylation sites is 2. The van der Waals surface area contributed by atoms with E-state index < -0.39 is 0 Å². The molecular formula is C24H19N5O3. The molecule has 0 aliphatic carbocycles. The molecule has 0 fully saturated rings. The van der Waals surface area contributed by atoms with Gasteiger partial charge in [0.1, 0.15) is 11.3 Å². The van der Waals surface area contributed by atoms with Crippen LogP contribution in [0.3, 0.4) is 0 Å². The van der Waals surface area contributed by atoms with E-state index >= 15 is 0 Å². The molecule has 3 aromatic carbocycles. The maximum Gasteiger partial charge on any atom is 0.278 e. The van der Waals surface area contributed by atoms with Crippen LogP contribution in [0, 0.1) is 6.92 Å². The monoisotopic (exact) mass is 425 g/mol.